The molecule has 0 spiro atoms. The van der Waals surface area contributed by atoms with Gasteiger partial charge in [-0.2, -0.15) is 0 Å². The van der Waals surface area contributed by atoms with E-state index in [0.29, 0.717) is 0 Å². The average molecular weight is 240 g/mol. The van der Waals surface area contributed by atoms with Crippen LogP contribution in [0.4, 0.5) is 0 Å². The van der Waals surface area contributed by atoms with E-state index in [0.717, 1.165) is 24.9 Å². The molecule has 1 saturated carbocycles. The van der Waals surface area contributed by atoms with Crippen LogP contribution in [0, 0.1) is 11.8 Å². The first-order chi connectivity index (χ1) is 8.10. The van der Waals surface area contributed by atoms with Crippen molar-refractivity contribution in [2.45, 2.75) is 65.3 Å². The molecular formula is C15H32N2. The van der Waals surface area contributed by atoms with Crippen LogP contribution in [0.25, 0.3) is 0 Å². The van der Waals surface area contributed by atoms with Crippen LogP contribution in [0.5, 0.6) is 0 Å². The fourth-order valence-corrected chi connectivity index (χ4v) is 3.61. The number of hydrogen-bond acceptors (Lipinski definition) is 2. The molecule has 0 aromatic heterocycles. The van der Waals surface area contributed by atoms with E-state index in [4.69, 9.17) is 5.73 Å². The molecule has 0 aromatic carbocycles. The summed E-state index contributed by atoms with van der Waals surface area (Å²) in [6.07, 6.45) is 6.61. The van der Waals surface area contributed by atoms with Crippen molar-refractivity contribution in [1.29, 1.82) is 0 Å². The topological polar surface area (TPSA) is 29.3 Å². The predicted molar refractivity (Wildman–Crippen MR) is 76.1 cm³/mol. The van der Waals surface area contributed by atoms with Gasteiger partial charge in [-0.25, -0.2) is 0 Å². The number of likely N-dealkylation sites (N-methyl/N-ethyl adjacent to an activating group) is 1. The first-order valence-electron chi connectivity index (χ1n) is 7.55. The maximum absolute atomic E-state index is 6.20. The minimum atomic E-state index is 0.279. The number of nitrogens with zero attached hydrogens (tertiary/aromatic N) is 1. The van der Waals surface area contributed by atoms with Gasteiger partial charge in [0.1, 0.15) is 0 Å². The molecule has 1 aliphatic rings. The molecule has 1 fully saturated rings. The van der Waals surface area contributed by atoms with E-state index in [1.165, 1.54) is 38.6 Å². The first kappa shape index (κ1) is 15.0. The van der Waals surface area contributed by atoms with E-state index in [2.05, 4.69) is 32.6 Å². The number of hydrogen-bond donors (Lipinski definition) is 1. The molecule has 0 aliphatic heterocycles. The Labute approximate surface area is 108 Å². The third kappa shape index (κ3) is 3.23. The van der Waals surface area contributed by atoms with Crippen molar-refractivity contribution in [2.75, 3.05) is 19.6 Å². The second-order valence-corrected chi connectivity index (χ2v) is 6.03. The summed E-state index contributed by atoms with van der Waals surface area (Å²) < 4.78 is 0. The summed E-state index contributed by atoms with van der Waals surface area (Å²) in [7, 11) is 0. The molecule has 3 unspecified atom stereocenters. The van der Waals surface area contributed by atoms with Gasteiger partial charge in [-0.15, -0.1) is 0 Å². The molecule has 0 bridgehead atoms. The molecule has 0 saturated heterocycles. The van der Waals surface area contributed by atoms with E-state index in [1.54, 1.807) is 0 Å². The molecule has 17 heavy (non-hydrogen) atoms. The van der Waals surface area contributed by atoms with E-state index in [-0.39, 0.29) is 5.54 Å². The van der Waals surface area contributed by atoms with Gasteiger partial charge in [-0.3, -0.25) is 4.90 Å². The smallest absolute Gasteiger partial charge is 0.0359 e. The summed E-state index contributed by atoms with van der Waals surface area (Å²) in [6, 6.07) is 0. The highest BCUT2D eigenvalue weighted by Gasteiger charge is 2.43. The Morgan fingerprint density at radius 1 is 1.24 bits per heavy atom. The Morgan fingerprint density at radius 2 is 1.94 bits per heavy atom. The van der Waals surface area contributed by atoms with E-state index < -0.39 is 0 Å². The molecule has 1 rings (SSSR count). The van der Waals surface area contributed by atoms with Crippen molar-refractivity contribution in [2.24, 2.45) is 17.6 Å². The first-order valence-corrected chi connectivity index (χ1v) is 7.55. The Hall–Kier alpha value is -0.0800. The molecule has 102 valence electrons. The SMILES string of the molecule is CCCCN(CC)C1(CN)CC(C)CCC1C. The van der Waals surface area contributed by atoms with Gasteiger partial charge in [-0.05, 0) is 44.2 Å². The summed E-state index contributed by atoms with van der Waals surface area (Å²) >= 11 is 0. The molecule has 0 heterocycles. The lowest BCUT2D eigenvalue weighted by molar-refractivity contribution is -0.00135. The van der Waals surface area contributed by atoms with Crippen molar-refractivity contribution in [1.82, 2.24) is 4.90 Å². The minimum absolute atomic E-state index is 0.279. The quantitative estimate of drug-likeness (QED) is 0.772. The van der Waals surface area contributed by atoms with Gasteiger partial charge in [0.15, 0.2) is 0 Å². The zero-order chi connectivity index (χ0) is 12.9. The van der Waals surface area contributed by atoms with Crippen LogP contribution in [0.1, 0.15) is 59.8 Å². The van der Waals surface area contributed by atoms with Gasteiger partial charge in [0.25, 0.3) is 0 Å². The Morgan fingerprint density at radius 3 is 2.47 bits per heavy atom. The summed E-state index contributed by atoms with van der Waals surface area (Å²) in [5, 5.41) is 0. The van der Waals surface area contributed by atoms with Crippen LogP contribution < -0.4 is 5.73 Å². The van der Waals surface area contributed by atoms with Gasteiger partial charge in [0.2, 0.25) is 0 Å². The Kier molecular flexibility index (Phi) is 5.94. The zero-order valence-electron chi connectivity index (χ0n) is 12.3. The molecule has 0 radical (unpaired) electrons. The maximum atomic E-state index is 6.20. The highest BCUT2D eigenvalue weighted by atomic mass is 15.2. The number of rotatable bonds is 6. The molecule has 0 aromatic rings. The predicted octanol–water partition coefficient (Wildman–Crippen LogP) is 3.26. The zero-order valence-corrected chi connectivity index (χ0v) is 12.3. The van der Waals surface area contributed by atoms with E-state index in [9.17, 15) is 0 Å². The summed E-state index contributed by atoms with van der Waals surface area (Å²) in [5.74, 6) is 1.59. The summed E-state index contributed by atoms with van der Waals surface area (Å²) in [5.41, 5.74) is 6.48. The number of unbranched alkanes of at least 4 members (excludes halogenated alkanes) is 1. The van der Waals surface area contributed by atoms with Crippen LogP contribution >= 0.6 is 0 Å². The molecule has 1 aliphatic carbocycles. The van der Waals surface area contributed by atoms with E-state index in [1.807, 2.05) is 0 Å². The highest BCUT2D eigenvalue weighted by molar-refractivity contribution is 4.99. The second-order valence-electron chi connectivity index (χ2n) is 6.03. The van der Waals surface area contributed by atoms with Gasteiger partial charge in [0, 0.05) is 12.1 Å². The van der Waals surface area contributed by atoms with Crippen LogP contribution in [-0.2, 0) is 0 Å². The lowest BCUT2D eigenvalue weighted by Crippen LogP contribution is -2.60. The summed E-state index contributed by atoms with van der Waals surface area (Å²) in [4.78, 5) is 2.68. The van der Waals surface area contributed by atoms with Gasteiger partial charge in [0.05, 0.1) is 0 Å². The summed E-state index contributed by atoms with van der Waals surface area (Å²) in [6.45, 7) is 12.6. The molecular weight excluding hydrogens is 208 g/mol. The second kappa shape index (κ2) is 6.75. The molecule has 2 heteroatoms. The minimum Gasteiger partial charge on any atom is -0.329 e. The van der Waals surface area contributed by atoms with Crippen molar-refractivity contribution < 1.29 is 0 Å². The normalized spacial score (nSPS) is 34.2. The van der Waals surface area contributed by atoms with Crippen LogP contribution in [0.3, 0.4) is 0 Å². The van der Waals surface area contributed by atoms with Crippen LogP contribution in [0.15, 0.2) is 0 Å². The maximum Gasteiger partial charge on any atom is 0.0359 e. The fourth-order valence-electron chi connectivity index (χ4n) is 3.61. The third-order valence-corrected chi connectivity index (χ3v) is 4.86. The van der Waals surface area contributed by atoms with E-state index >= 15 is 0 Å². The standard InChI is InChI=1S/C15H32N2/c1-5-7-10-17(6-2)15(12-16)11-13(3)8-9-14(15)4/h13-14H,5-12,16H2,1-4H3. The lowest BCUT2D eigenvalue weighted by atomic mass is 9.68. The number of nitrogens with two attached hydrogens (primary N) is 1. The Balaban J connectivity index is 2.81. The van der Waals surface area contributed by atoms with Crippen molar-refractivity contribution in [3.8, 4) is 0 Å². The van der Waals surface area contributed by atoms with Crippen molar-refractivity contribution >= 4 is 0 Å². The van der Waals surface area contributed by atoms with Gasteiger partial charge >= 0.3 is 0 Å². The monoisotopic (exact) mass is 240 g/mol. The molecule has 2 nitrogen and oxygen atoms in total. The fraction of sp³-hybridized carbons (Fsp3) is 1.00. The van der Waals surface area contributed by atoms with Crippen LogP contribution in [0.2, 0.25) is 0 Å². The lowest BCUT2D eigenvalue weighted by Gasteiger charge is -2.51. The molecule has 2 N–H and O–H groups in total. The van der Waals surface area contributed by atoms with Gasteiger partial charge < -0.3 is 5.73 Å². The largest absolute Gasteiger partial charge is 0.329 e. The molecule has 3 atom stereocenters. The third-order valence-electron chi connectivity index (χ3n) is 4.86. The van der Waals surface area contributed by atoms with Crippen LogP contribution in [-0.4, -0.2) is 30.1 Å². The van der Waals surface area contributed by atoms with Crippen molar-refractivity contribution in [3.63, 3.8) is 0 Å². The highest BCUT2D eigenvalue weighted by Crippen LogP contribution is 2.40. The van der Waals surface area contributed by atoms with Gasteiger partial charge in [-0.1, -0.05) is 40.5 Å². The molecule has 0 amide bonds. The average Bonchev–Trinajstić information content (AvgIpc) is 2.34. The Bertz CT molecular complexity index is 217. The van der Waals surface area contributed by atoms with Crippen molar-refractivity contribution in [3.05, 3.63) is 0 Å².